The second-order valence-corrected chi connectivity index (χ2v) is 8.52. The molecular formula is C20H25ClN4OS. The van der Waals surface area contributed by atoms with Crippen LogP contribution in [0.3, 0.4) is 0 Å². The molecule has 0 saturated carbocycles. The molecule has 1 fully saturated rings. The van der Waals surface area contributed by atoms with Gasteiger partial charge in [-0.1, -0.05) is 17.7 Å². The number of hydrogen-bond acceptors (Lipinski definition) is 4. The van der Waals surface area contributed by atoms with Crippen molar-refractivity contribution in [1.29, 1.82) is 0 Å². The first-order valence-corrected chi connectivity index (χ1v) is 10.8. The number of nitrogens with zero attached hydrogens (tertiary/aromatic N) is 3. The Morgan fingerprint density at radius 2 is 2.00 bits per heavy atom. The molecule has 0 bridgehead atoms. The van der Waals surface area contributed by atoms with E-state index in [1.807, 2.05) is 34.4 Å². The van der Waals surface area contributed by atoms with Crippen LogP contribution in [-0.4, -0.2) is 61.6 Å². The highest BCUT2D eigenvalue weighted by Crippen LogP contribution is 2.23. The lowest BCUT2D eigenvalue weighted by atomic mass is 10.1. The van der Waals surface area contributed by atoms with Crippen LogP contribution in [0.15, 0.2) is 35.7 Å². The van der Waals surface area contributed by atoms with Gasteiger partial charge in [-0.25, -0.2) is 4.79 Å². The Balaban J connectivity index is 1.19. The molecule has 0 unspecified atom stereocenters. The van der Waals surface area contributed by atoms with Gasteiger partial charge in [0, 0.05) is 67.9 Å². The average Bonchev–Trinajstić information content (AvgIpc) is 3.16. The lowest BCUT2D eigenvalue weighted by molar-refractivity contribution is 0.190. The van der Waals surface area contributed by atoms with Gasteiger partial charge in [0.2, 0.25) is 0 Å². The third-order valence-electron chi connectivity index (χ3n) is 5.33. The van der Waals surface area contributed by atoms with Crippen LogP contribution < -0.4 is 10.2 Å². The molecule has 27 heavy (non-hydrogen) atoms. The molecule has 0 aliphatic carbocycles. The number of carbonyl (C=O) groups excluding carboxylic acids is 1. The number of amides is 2. The second-order valence-electron chi connectivity index (χ2n) is 7.08. The van der Waals surface area contributed by atoms with Gasteiger partial charge in [-0.05, 0) is 41.6 Å². The van der Waals surface area contributed by atoms with E-state index in [0.29, 0.717) is 6.54 Å². The number of benzene rings is 1. The summed E-state index contributed by atoms with van der Waals surface area (Å²) >= 11 is 7.94. The number of nitrogens with one attached hydrogen (secondary N) is 1. The summed E-state index contributed by atoms with van der Waals surface area (Å²) in [7, 11) is 0. The van der Waals surface area contributed by atoms with Crippen LogP contribution in [0.5, 0.6) is 0 Å². The zero-order chi connectivity index (χ0) is 18.6. The largest absolute Gasteiger partial charge is 0.368 e. The SMILES string of the molecule is O=C(NCCN1CCc2sccc2C1)N1CCN(c2cccc(Cl)c2)CC1. The molecule has 0 spiro atoms. The highest BCUT2D eigenvalue weighted by Gasteiger charge is 2.22. The van der Waals surface area contributed by atoms with Crippen LogP contribution in [0.4, 0.5) is 10.5 Å². The Bertz CT molecular complexity index is 788. The molecule has 1 aromatic heterocycles. The van der Waals surface area contributed by atoms with E-state index in [0.717, 1.165) is 62.9 Å². The molecule has 144 valence electrons. The van der Waals surface area contributed by atoms with E-state index in [9.17, 15) is 4.79 Å². The number of fused-ring (bicyclic) bond motifs is 1. The van der Waals surface area contributed by atoms with Crippen molar-refractivity contribution >= 4 is 34.7 Å². The zero-order valence-corrected chi connectivity index (χ0v) is 16.9. The summed E-state index contributed by atoms with van der Waals surface area (Å²) in [4.78, 5) is 20.6. The minimum atomic E-state index is 0.0500. The molecule has 0 radical (unpaired) electrons. The van der Waals surface area contributed by atoms with Crippen LogP contribution in [0, 0.1) is 0 Å². The Labute approximate surface area is 169 Å². The quantitative estimate of drug-likeness (QED) is 0.849. The Morgan fingerprint density at radius 1 is 1.15 bits per heavy atom. The van der Waals surface area contributed by atoms with Gasteiger partial charge in [0.05, 0.1) is 0 Å². The maximum absolute atomic E-state index is 12.5. The van der Waals surface area contributed by atoms with Crippen molar-refractivity contribution in [1.82, 2.24) is 15.1 Å². The number of anilines is 1. The van der Waals surface area contributed by atoms with Crippen LogP contribution in [0.2, 0.25) is 5.02 Å². The predicted octanol–water partition coefficient (Wildman–Crippen LogP) is 3.29. The molecule has 5 nitrogen and oxygen atoms in total. The maximum Gasteiger partial charge on any atom is 0.317 e. The van der Waals surface area contributed by atoms with Crippen LogP contribution >= 0.6 is 22.9 Å². The van der Waals surface area contributed by atoms with Gasteiger partial charge in [-0.15, -0.1) is 11.3 Å². The van der Waals surface area contributed by atoms with Gasteiger partial charge in [-0.2, -0.15) is 0 Å². The highest BCUT2D eigenvalue weighted by molar-refractivity contribution is 7.10. The van der Waals surface area contributed by atoms with Crippen molar-refractivity contribution < 1.29 is 4.79 Å². The van der Waals surface area contributed by atoms with Gasteiger partial charge in [-0.3, -0.25) is 4.90 Å². The topological polar surface area (TPSA) is 38.8 Å². The van der Waals surface area contributed by atoms with E-state index < -0.39 is 0 Å². The van der Waals surface area contributed by atoms with Crippen molar-refractivity contribution in [3.63, 3.8) is 0 Å². The smallest absolute Gasteiger partial charge is 0.317 e. The predicted molar refractivity (Wildman–Crippen MR) is 112 cm³/mol. The molecule has 1 N–H and O–H groups in total. The van der Waals surface area contributed by atoms with Crippen molar-refractivity contribution in [2.75, 3.05) is 50.7 Å². The fourth-order valence-electron chi connectivity index (χ4n) is 3.77. The van der Waals surface area contributed by atoms with Crippen LogP contribution in [-0.2, 0) is 13.0 Å². The fourth-order valence-corrected chi connectivity index (χ4v) is 4.85. The lowest BCUT2D eigenvalue weighted by Gasteiger charge is -2.36. The van der Waals surface area contributed by atoms with Gasteiger partial charge in [0.25, 0.3) is 0 Å². The molecule has 1 aromatic carbocycles. The molecule has 1 saturated heterocycles. The molecule has 2 aliphatic heterocycles. The molecule has 7 heteroatoms. The summed E-state index contributed by atoms with van der Waals surface area (Å²) in [6.45, 7) is 6.84. The van der Waals surface area contributed by atoms with Crippen molar-refractivity contribution in [3.05, 3.63) is 51.2 Å². The Hall–Kier alpha value is -1.76. The van der Waals surface area contributed by atoms with Crippen LogP contribution in [0.25, 0.3) is 0 Å². The van der Waals surface area contributed by atoms with Crippen molar-refractivity contribution in [2.45, 2.75) is 13.0 Å². The minimum absolute atomic E-state index is 0.0500. The van der Waals surface area contributed by atoms with E-state index in [-0.39, 0.29) is 6.03 Å². The summed E-state index contributed by atoms with van der Waals surface area (Å²) in [5, 5.41) is 6.02. The number of hydrogen-bond donors (Lipinski definition) is 1. The standard InChI is InChI=1S/C20H25ClN4OS/c21-17-2-1-3-18(14-17)24-9-11-25(12-10-24)20(26)22-6-8-23-7-4-19-16(15-23)5-13-27-19/h1-3,5,13-14H,4,6-12,15H2,(H,22,26). The van der Waals surface area contributed by atoms with E-state index in [2.05, 4.69) is 32.6 Å². The summed E-state index contributed by atoms with van der Waals surface area (Å²) in [5.74, 6) is 0. The third-order valence-corrected chi connectivity index (χ3v) is 6.59. The summed E-state index contributed by atoms with van der Waals surface area (Å²) in [6, 6.07) is 10.2. The van der Waals surface area contributed by atoms with Crippen molar-refractivity contribution in [2.24, 2.45) is 0 Å². The minimum Gasteiger partial charge on any atom is -0.368 e. The monoisotopic (exact) mass is 404 g/mol. The molecule has 3 heterocycles. The summed E-state index contributed by atoms with van der Waals surface area (Å²) < 4.78 is 0. The normalized spacial score (nSPS) is 17.7. The summed E-state index contributed by atoms with van der Waals surface area (Å²) in [6.07, 6.45) is 1.13. The summed E-state index contributed by atoms with van der Waals surface area (Å²) in [5.41, 5.74) is 2.58. The van der Waals surface area contributed by atoms with Gasteiger partial charge in [0.15, 0.2) is 0 Å². The van der Waals surface area contributed by atoms with Crippen LogP contribution in [0.1, 0.15) is 10.4 Å². The molecular weight excluding hydrogens is 380 g/mol. The molecule has 4 rings (SSSR count). The first-order valence-electron chi connectivity index (χ1n) is 9.50. The average molecular weight is 405 g/mol. The number of halogens is 1. The Morgan fingerprint density at radius 3 is 2.81 bits per heavy atom. The molecule has 2 amide bonds. The first kappa shape index (κ1) is 18.6. The maximum atomic E-state index is 12.5. The number of urea groups is 1. The molecule has 2 aromatic rings. The van der Waals surface area contributed by atoms with E-state index >= 15 is 0 Å². The Kier molecular flexibility index (Phi) is 5.86. The van der Waals surface area contributed by atoms with Gasteiger partial charge in [0.1, 0.15) is 0 Å². The molecule has 2 aliphatic rings. The molecule has 0 atom stereocenters. The van der Waals surface area contributed by atoms with Crippen molar-refractivity contribution in [3.8, 4) is 0 Å². The first-order chi connectivity index (χ1) is 13.2. The van der Waals surface area contributed by atoms with Gasteiger partial charge >= 0.3 is 6.03 Å². The second kappa shape index (κ2) is 8.50. The number of thiophene rings is 1. The van der Waals surface area contributed by atoms with E-state index in [1.165, 1.54) is 10.4 Å². The van der Waals surface area contributed by atoms with E-state index in [1.54, 1.807) is 0 Å². The lowest BCUT2D eigenvalue weighted by Crippen LogP contribution is -2.52. The fraction of sp³-hybridized carbons (Fsp3) is 0.450. The number of rotatable bonds is 4. The number of piperazine rings is 1. The number of carbonyl (C=O) groups is 1. The zero-order valence-electron chi connectivity index (χ0n) is 15.4. The highest BCUT2D eigenvalue weighted by atomic mass is 35.5. The van der Waals surface area contributed by atoms with E-state index in [4.69, 9.17) is 11.6 Å². The van der Waals surface area contributed by atoms with Gasteiger partial charge < -0.3 is 15.1 Å². The third kappa shape index (κ3) is 4.57.